The van der Waals surface area contributed by atoms with Crippen LogP contribution in [0.3, 0.4) is 0 Å². The normalized spacial score (nSPS) is 22.5. The summed E-state index contributed by atoms with van der Waals surface area (Å²) in [7, 11) is 10.9. The molecule has 7 N–H and O–H groups in total. The van der Waals surface area contributed by atoms with Crippen LogP contribution in [-0.2, 0) is 40.4 Å². The second kappa shape index (κ2) is 14.9. The van der Waals surface area contributed by atoms with Crippen LogP contribution in [0.25, 0.3) is 5.76 Å². The Morgan fingerprint density at radius 1 is 0.963 bits per heavy atom. The average molecular weight is 743 g/mol. The molecule has 1 heterocycles. The Hall–Kier alpha value is -5.15. The minimum absolute atomic E-state index is 0.0116. The summed E-state index contributed by atoms with van der Waals surface area (Å²) in [5, 5.41) is 49.9. The van der Waals surface area contributed by atoms with E-state index >= 15 is 0 Å². The number of aromatic hydroxyl groups is 1. The number of phenols is 1. The molecule has 54 heavy (non-hydrogen) atoms. The van der Waals surface area contributed by atoms with Crippen molar-refractivity contribution in [1.29, 1.82) is 0 Å². The van der Waals surface area contributed by atoms with Gasteiger partial charge in [0.25, 0.3) is 5.91 Å². The van der Waals surface area contributed by atoms with E-state index in [1.165, 1.54) is 10.5 Å². The molecule has 0 saturated heterocycles. The quantitative estimate of drug-likeness (QED) is 0.111. The minimum atomic E-state index is -2.71. The zero-order valence-electron chi connectivity index (χ0n) is 31.6. The third-order valence-electron chi connectivity index (χ3n) is 10.8. The van der Waals surface area contributed by atoms with Crippen LogP contribution in [0.1, 0.15) is 34.6 Å². The summed E-state index contributed by atoms with van der Waals surface area (Å²) in [5.41, 5.74) is 4.42. The number of anilines is 2. The molecule has 1 saturated carbocycles. The van der Waals surface area contributed by atoms with Crippen molar-refractivity contribution in [2.24, 2.45) is 17.6 Å². The highest BCUT2D eigenvalue weighted by molar-refractivity contribution is 6.24. The Morgan fingerprint density at radius 2 is 1.65 bits per heavy atom. The molecule has 0 unspecified atom stereocenters. The summed E-state index contributed by atoms with van der Waals surface area (Å²) in [6, 6.07) is 14.7. The lowest BCUT2D eigenvalue weighted by Gasteiger charge is -2.50. The fourth-order valence-corrected chi connectivity index (χ4v) is 8.23. The number of Topliss-reactive ketones (excluding diaryl/α,β-unsaturated/α-hetero) is 2. The molecule has 6 rings (SSSR count). The van der Waals surface area contributed by atoms with Crippen molar-refractivity contribution in [3.63, 3.8) is 0 Å². The van der Waals surface area contributed by atoms with E-state index in [0.29, 0.717) is 23.6 Å². The van der Waals surface area contributed by atoms with E-state index in [1.54, 1.807) is 20.2 Å². The Balaban J connectivity index is 1.30. The van der Waals surface area contributed by atoms with Crippen molar-refractivity contribution in [3.8, 4) is 5.75 Å². The summed E-state index contributed by atoms with van der Waals surface area (Å²) in [4.78, 5) is 47.8. The number of nitrogens with zero attached hydrogens (tertiary/aromatic N) is 4. The number of benzene rings is 2. The van der Waals surface area contributed by atoms with Crippen molar-refractivity contribution < 1.29 is 39.2 Å². The van der Waals surface area contributed by atoms with Crippen LogP contribution >= 0.6 is 0 Å². The van der Waals surface area contributed by atoms with E-state index in [4.69, 9.17) is 10.2 Å². The highest BCUT2D eigenvalue weighted by Crippen LogP contribution is 2.54. The SMILES string of the molecule is CN(C)CCN(Cc1ccccc1)Cc1ccc(CNc2cc(N(C)C)c3c(c2O)C(O)=C2C(=O)[C@@]4(O)C(O)=C(C(N)=O)C(=O)[C@H](N(C)C)[C@H]4C[C@H]2C3)o1. The Kier molecular flexibility index (Phi) is 10.7. The molecule has 0 spiro atoms. The summed E-state index contributed by atoms with van der Waals surface area (Å²) in [5.74, 6) is -5.53. The molecule has 4 atom stereocenters. The second-order valence-electron chi connectivity index (χ2n) is 15.2. The number of fused-ring (bicyclic) bond motifs is 3. The van der Waals surface area contributed by atoms with Gasteiger partial charge in [0.1, 0.15) is 34.4 Å². The number of amides is 1. The minimum Gasteiger partial charge on any atom is -0.508 e. The van der Waals surface area contributed by atoms with E-state index < -0.39 is 58.0 Å². The highest BCUT2D eigenvalue weighted by atomic mass is 16.4. The topological polar surface area (TPSA) is 196 Å². The van der Waals surface area contributed by atoms with Gasteiger partial charge in [0.15, 0.2) is 11.4 Å². The number of phenolic OH excluding ortho intramolecular Hbond substituents is 1. The number of carbonyl (C=O) groups excluding carboxylic acids is 3. The molecular formula is C40H50N6O8. The van der Waals surface area contributed by atoms with Crippen molar-refractivity contribution in [3.05, 3.63) is 93.6 Å². The molecule has 0 aliphatic heterocycles. The van der Waals surface area contributed by atoms with Crippen LogP contribution in [0.5, 0.6) is 5.75 Å². The van der Waals surface area contributed by atoms with Crippen LogP contribution in [0.15, 0.2) is 69.9 Å². The molecule has 1 fully saturated rings. The van der Waals surface area contributed by atoms with Gasteiger partial charge in [0.05, 0.1) is 30.4 Å². The summed E-state index contributed by atoms with van der Waals surface area (Å²) >= 11 is 0. The molecule has 3 aliphatic carbocycles. The van der Waals surface area contributed by atoms with Crippen molar-refractivity contribution in [2.45, 2.75) is 44.1 Å². The van der Waals surface area contributed by atoms with Gasteiger partial charge in [-0.05, 0) is 76.3 Å². The van der Waals surface area contributed by atoms with Gasteiger partial charge in [-0.15, -0.1) is 0 Å². The van der Waals surface area contributed by atoms with Crippen molar-refractivity contribution >= 4 is 34.6 Å². The number of nitrogens with two attached hydrogens (primary N) is 1. The highest BCUT2D eigenvalue weighted by Gasteiger charge is 2.64. The molecule has 14 nitrogen and oxygen atoms in total. The zero-order chi connectivity index (χ0) is 39.2. The maximum Gasteiger partial charge on any atom is 0.255 e. The standard InChI is InChI=1S/C40H50N6O8/c1-43(2)14-15-46(20-22-10-8-7-9-11-22)21-25-13-12-24(54-25)19-42-28-18-29(44(3)4)26-16-23-17-27-33(45(5)6)36(49)32(39(41)52)38(51)40(27,53)37(50)30(23)35(48)31(26)34(28)47/h7-13,18,23,27,33,42,47-48,51,53H,14-17,19-21H2,1-6H3,(H2,41,52)/t23-,27-,33-,40-/m1/s1. The number of aliphatic hydroxyl groups is 3. The Bertz CT molecular complexity index is 2020. The smallest absolute Gasteiger partial charge is 0.255 e. The average Bonchev–Trinajstić information content (AvgIpc) is 3.55. The molecule has 2 aromatic carbocycles. The van der Waals surface area contributed by atoms with Crippen LogP contribution in [0, 0.1) is 11.8 Å². The molecule has 1 amide bonds. The van der Waals surface area contributed by atoms with E-state index in [9.17, 15) is 34.8 Å². The van der Waals surface area contributed by atoms with E-state index in [0.717, 1.165) is 25.4 Å². The van der Waals surface area contributed by atoms with Crippen LogP contribution in [0.4, 0.5) is 11.4 Å². The van der Waals surface area contributed by atoms with Crippen LogP contribution < -0.4 is 16.0 Å². The van der Waals surface area contributed by atoms with Gasteiger partial charge in [-0.2, -0.15) is 0 Å². The van der Waals surface area contributed by atoms with Gasteiger partial charge in [0.2, 0.25) is 5.78 Å². The maximum absolute atomic E-state index is 14.3. The molecule has 14 heteroatoms. The first kappa shape index (κ1) is 38.6. The lowest BCUT2D eigenvalue weighted by atomic mass is 9.57. The summed E-state index contributed by atoms with van der Waals surface area (Å²) in [6.07, 6.45) is 0.197. The fourth-order valence-electron chi connectivity index (χ4n) is 8.23. The second-order valence-corrected chi connectivity index (χ2v) is 15.2. The first-order chi connectivity index (χ1) is 25.5. The number of nitrogens with one attached hydrogen (secondary N) is 1. The van der Waals surface area contributed by atoms with E-state index in [-0.39, 0.29) is 42.0 Å². The Labute approximate surface area is 314 Å². The number of rotatable bonds is 13. The van der Waals surface area contributed by atoms with Gasteiger partial charge in [-0.3, -0.25) is 24.2 Å². The number of hydrogen-bond donors (Lipinski definition) is 6. The fraction of sp³-hybridized carbons (Fsp3) is 0.425. The monoisotopic (exact) mass is 742 g/mol. The number of carbonyl (C=O) groups is 3. The molecule has 288 valence electrons. The largest absolute Gasteiger partial charge is 0.508 e. The molecular weight excluding hydrogens is 692 g/mol. The third-order valence-corrected chi connectivity index (χ3v) is 10.8. The van der Waals surface area contributed by atoms with E-state index in [2.05, 4.69) is 27.2 Å². The van der Waals surface area contributed by atoms with E-state index in [1.807, 2.05) is 63.4 Å². The zero-order valence-corrected chi connectivity index (χ0v) is 31.6. The number of hydrogen-bond acceptors (Lipinski definition) is 13. The molecule has 3 aliphatic rings. The first-order valence-corrected chi connectivity index (χ1v) is 18.0. The summed E-state index contributed by atoms with van der Waals surface area (Å²) in [6.45, 7) is 3.27. The molecule has 0 bridgehead atoms. The maximum atomic E-state index is 14.3. The number of likely N-dealkylation sites (N-methyl/N-ethyl adjacent to an activating group) is 2. The number of ketones is 2. The molecule has 3 aromatic rings. The number of aliphatic hydroxyl groups excluding tert-OH is 2. The number of furan rings is 1. The van der Waals surface area contributed by atoms with Crippen molar-refractivity contribution in [1.82, 2.24) is 14.7 Å². The lowest BCUT2D eigenvalue weighted by Crippen LogP contribution is -2.65. The predicted molar refractivity (Wildman–Crippen MR) is 204 cm³/mol. The van der Waals surface area contributed by atoms with Gasteiger partial charge in [0, 0.05) is 50.9 Å². The summed E-state index contributed by atoms with van der Waals surface area (Å²) < 4.78 is 6.22. The Morgan fingerprint density at radius 3 is 2.28 bits per heavy atom. The van der Waals surface area contributed by atoms with Crippen LogP contribution in [0.2, 0.25) is 0 Å². The van der Waals surface area contributed by atoms with Crippen molar-refractivity contribution in [2.75, 3.05) is 65.6 Å². The lowest BCUT2D eigenvalue weighted by molar-refractivity contribution is -0.153. The molecule has 1 aromatic heterocycles. The van der Waals surface area contributed by atoms with Gasteiger partial charge in [-0.25, -0.2) is 0 Å². The number of primary amides is 1. The first-order valence-electron chi connectivity index (χ1n) is 18.0. The van der Waals surface area contributed by atoms with Gasteiger partial charge < -0.3 is 45.7 Å². The predicted octanol–water partition coefficient (Wildman–Crippen LogP) is 2.80. The van der Waals surface area contributed by atoms with Gasteiger partial charge >= 0.3 is 0 Å². The molecule has 0 radical (unpaired) electrons. The van der Waals surface area contributed by atoms with Gasteiger partial charge in [-0.1, -0.05) is 30.3 Å². The van der Waals surface area contributed by atoms with Crippen LogP contribution in [-0.4, -0.2) is 120 Å². The third kappa shape index (κ3) is 6.86.